The van der Waals surface area contributed by atoms with E-state index in [9.17, 15) is 10.2 Å². The smallest absolute Gasteiger partial charge is 0.0695 e. The number of likely N-dealkylation sites (tertiary alicyclic amines) is 1. The van der Waals surface area contributed by atoms with Crippen LogP contribution in [0.4, 0.5) is 0 Å². The van der Waals surface area contributed by atoms with Gasteiger partial charge >= 0.3 is 0 Å². The molecule has 1 saturated heterocycles. The molecule has 0 aromatic heterocycles. The van der Waals surface area contributed by atoms with Crippen LogP contribution < -0.4 is 0 Å². The molecule has 3 atom stereocenters. The summed E-state index contributed by atoms with van der Waals surface area (Å²) in [5.74, 6) is 0. The van der Waals surface area contributed by atoms with E-state index in [1.807, 2.05) is 0 Å². The third-order valence-electron chi connectivity index (χ3n) is 3.11. The second-order valence-electron chi connectivity index (χ2n) is 4.00. The van der Waals surface area contributed by atoms with Crippen LogP contribution in [0.5, 0.6) is 0 Å². The minimum atomic E-state index is -0.155. The van der Waals surface area contributed by atoms with Gasteiger partial charge in [-0.25, -0.2) is 0 Å². The summed E-state index contributed by atoms with van der Waals surface area (Å²) < 4.78 is 0. The van der Waals surface area contributed by atoms with E-state index < -0.39 is 0 Å². The molecule has 0 aromatic rings. The van der Waals surface area contributed by atoms with Crippen molar-refractivity contribution < 1.29 is 10.2 Å². The zero-order valence-corrected chi connectivity index (χ0v) is 7.32. The SMILES string of the molecule is OC1CCCC1N1CC[C@@H](O)C1. The first-order valence-corrected chi connectivity index (χ1v) is 4.87. The summed E-state index contributed by atoms with van der Waals surface area (Å²) in [5, 5.41) is 18.9. The molecule has 2 rings (SSSR count). The Labute approximate surface area is 73.0 Å². The fraction of sp³-hybridized carbons (Fsp3) is 1.00. The van der Waals surface area contributed by atoms with Gasteiger partial charge in [-0.3, -0.25) is 4.90 Å². The Kier molecular flexibility index (Phi) is 2.35. The average molecular weight is 171 g/mol. The van der Waals surface area contributed by atoms with Crippen LogP contribution in [0.15, 0.2) is 0 Å². The Balaban J connectivity index is 1.91. The topological polar surface area (TPSA) is 43.7 Å². The van der Waals surface area contributed by atoms with Crippen LogP contribution in [0.2, 0.25) is 0 Å². The normalized spacial score (nSPS) is 44.0. The highest BCUT2D eigenvalue weighted by molar-refractivity contribution is 4.89. The molecule has 2 unspecified atom stereocenters. The summed E-state index contributed by atoms with van der Waals surface area (Å²) in [7, 11) is 0. The molecule has 0 aromatic carbocycles. The van der Waals surface area contributed by atoms with E-state index in [1.54, 1.807) is 0 Å². The van der Waals surface area contributed by atoms with E-state index in [2.05, 4.69) is 4.90 Å². The molecule has 2 aliphatic rings. The van der Waals surface area contributed by atoms with Crippen molar-refractivity contribution in [2.24, 2.45) is 0 Å². The quantitative estimate of drug-likeness (QED) is 0.582. The molecule has 2 fully saturated rings. The van der Waals surface area contributed by atoms with Gasteiger partial charge in [0.1, 0.15) is 0 Å². The molecule has 0 amide bonds. The fourth-order valence-electron chi connectivity index (χ4n) is 2.42. The van der Waals surface area contributed by atoms with Crippen LogP contribution in [0, 0.1) is 0 Å². The van der Waals surface area contributed by atoms with Gasteiger partial charge in [0.25, 0.3) is 0 Å². The molecule has 1 aliphatic carbocycles. The van der Waals surface area contributed by atoms with Crippen LogP contribution in [0.1, 0.15) is 25.7 Å². The molecule has 12 heavy (non-hydrogen) atoms. The van der Waals surface area contributed by atoms with Crippen LogP contribution >= 0.6 is 0 Å². The van der Waals surface area contributed by atoms with Gasteiger partial charge in [-0.1, -0.05) is 0 Å². The molecule has 0 spiro atoms. The number of aliphatic hydroxyl groups excluding tert-OH is 2. The molecular formula is C9H17NO2. The first kappa shape index (κ1) is 8.48. The van der Waals surface area contributed by atoms with Crippen molar-refractivity contribution in [1.29, 1.82) is 0 Å². The maximum atomic E-state index is 9.61. The number of rotatable bonds is 1. The number of aliphatic hydroxyl groups is 2. The number of β-amino-alcohol motifs (C(OH)–C–C–N with tert-alkyl or cyclic N) is 1. The predicted molar refractivity (Wildman–Crippen MR) is 45.8 cm³/mol. The van der Waals surface area contributed by atoms with Crippen molar-refractivity contribution in [3.05, 3.63) is 0 Å². The number of hydrogen-bond donors (Lipinski definition) is 2. The highest BCUT2D eigenvalue weighted by Gasteiger charge is 2.34. The zero-order chi connectivity index (χ0) is 8.55. The van der Waals surface area contributed by atoms with Crippen molar-refractivity contribution >= 4 is 0 Å². The molecule has 1 aliphatic heterocycles. The molecule has 1 heterocycles. The van der Waals surface area contributed by atoms with Gasteiger partial charge in [0, 0.05) is 19.1 Å². The predicted octanol–water partition coefficient (Wildman–Crippen LogP) is -0.0336. The van der Waals surface area contributed by atoms with E-state index >= 15 is 0 Å². The number of hydrogen-bond acceptors (Lipinski definition) is 3. The van der Waals surface area contributed by atoms with Crippen LogP contribution in [0.25, 0.3) is 0 Å². The second-order valence-corrected chi connectivity index (χ2v) is 4.00. The molecule has 0 bridgehead atoms. The van der Waals surface area contributed by atoms with Crippen LogP contribution in [-0.2, 0) is 0 Å². The van der Waals surface area contributed by atoms with Crippen molar-refractivity contribution in [3.63, 3.8) is 0 Å². The van der Waals surface area contributed by atoms with Crippen molar-refractivity contribution in [2.45, 2.75) is 43.9 Å². The van der Waals surface area contributed by atoms with Gasteiger partial charge in [0.05, 0.1) is 12.2 Å². The summed E-state index contributed by atoms with van der Waals surface area (Å²) in [4.78, 5) is 2.24. The van der Waals surface area contributed by atoms with E-state index in [-0.39, 0.29) is 12.2 Å². The minimum absolute atomic E-state index is 0.143. The summed E-state index contributed by atoms with van der Waals surface area (Å²) in [5.41, 5.74) is 0. The van der Waals surface area contributed by atoms with E-state index in [4.69, 9.17) is 0 Å². The van der Waals surface area contributed by atoms with E-state index in [1.165, 1.54) is 0 Å². The second kappa shape index (κ2) is 3.32. The number of nitrogens with zero attached hydrogens (tertiary/aromatic N) is 1. The Bertz CT molecular complexity index is 163. The van der Waals surface area contributed by atoms with Gasteiger partial charge in [0.15, 0.2) is 0 Å². The lowest BCUT2D eigenvalue weighted by molar-refractivity contribution is 0.0751. The van der Waals surface area contributed by atoms with Crippen LogP contribution in [0.3, 0.4) is 0 Å². The maximum Gasteiger partial charge on any atom is 0.0695 e. The lowest BCUT2D eigenvalue weighted by Gasteiger charge is -2.25. The monoisotopic (exact) mass is 171 g/mol. The molecule has 3 heteroatoms. The Hall–Kier alpha value is -0.120. The largest absolute Gasteiger partial charge is 0.392 e. The Morgan fingerprint density at radius 2 is 1.92 bits per heavy atom. The minimum Gasteiger partial charge on any atom is -0.392 e. The zero-order valence-electron chi connectivity index (χ0n) is 7.32. The van der Waals surface area contributed by atoms with Gasteiger partial charge in [-0.05, 0) is 25.7 Å². The highest BCUT2D eigenvalue weighted by Crippen LogP contribution is 2.26. The van der Waals surface area contributed by atoms with E-state index in [0.717, 1.165) is 38.8 Å². The molecule has 1 saturated carbocycles. The van der Waals surface area contributed by atoms with Gasteiger partial charge in [-0.2, -0.15) is 0 Å². The summed E-state index contributed by atoms with van der Waals surface area (Å²) in [6.45, 7) is 1.73. The summed E-state index contributed by atoms with van der Waals surface area (Å²) in [6.07, 6.45) is 3.76. The van der Waals surface area contributed by atoms with Gasteiger partial charge in [-0.15, -0.1) is 0 Å². The standard InChI is InChI=1S/C9H17NO2/c11-7-4-5-10(6-7)8-2-1-3-9(8)12/h7-9,11-12H,1-6H2/t7-,8?,9?/m1/s1. The molecule has 3 nitrogen and oxygen atoms in total. The average Bonchev–Trinajstić information content (AvgIpc) is 2.58. The van der Waals surface area contributed by atoms with Gasteiger partial charge in [0.2, 0.25) is 0 Å². The first-order chi connectivity index (χ1) is 5.77. The van der Waals surface area contributed by atoms with Crippen LogP contribution in [-0.4, -0.2) is 46.5 Å². The molecular weight excluding hydrogens is 154 g/mol. The molecule has 0 radical (unpaired) electrons. The molecule has 2 N–H and O–H groups in total. The fourth-order valence-corrected chi connectivity index (χ4v) is 2.42. The maximum absolute atomic E-state index is 9.61. The van der Waals surface area contributed by atoms with E-state index in [0.29, 0.717) is 6.04 Å². The summed E-state index contributed by atoms with van der Waals surface area (Å²) in [6, 6.07) is 0.335. The lowest BCUT2D eigenvalue weighted by atomic mass is 10.2. The van der Waals surface area contributed by atoms with Crippen molar-refractivity contribution in [2.75, 3.05) is 13.1 Å². The third-order valence-corrected chi connectivity index (χ3v) is 3.11. The summed E-state index contributed by atoms with van der Waals surface area (Å²) >= 11 is 0. The molecule has 70 valence electrons. The Morgan fingerprint density at radius 1 is 1.08 bits per heavy atom. The highest BCUT2D eigenvalue weighted by atomic mass is 16.3. The van der Waals surface area contributed by atoms with Gasteiger partial charge < -0.3 is 10.2 Å². The lowest BCUT2D eigenvalue weighted by Crippen LogP contribution is -2.39. The Morgan fingerprint density at radius 3 is 2.42 bits per heavy atom. The first-order valence-electron chi connectivity index (χ1n) is 4.87. The van der Waals surface area contributed by atoms with Crippen molar-refractivity contribution in [1.82, 2.24) is 4.90 Å². The van der Waals surface area contributed by atoms with Crippen molar-refractivity contribution in [3.8, 4) is 0 Å². The third kappa shape index (κ3) is 1.49.